The van der Waals surface area contributed by atoms with Crippen molar-refractivity contribution >= 4 is 6.29 Å². The van der Waals surface area contributed by atoms with Crippen molar-refractivity contribution in [1.82, 2.24) is 0 Å². The molecule has 0 unspecified atom stereocenters. The van der Waals surface area contributed by atoms with Gasteiger partial charge < -0.3 is 44.5 Å². The van der Waals surface area contributed by atoms with Gasteiger partial charge in [-0.05, 0) is 87.4 Å². The molecule has 0 radical (unpaired) electrons. The largest absolute Gasteiger partial charge is 0.394 e. The van der Waals surface area contributed by atoms with Crippen molar-refractivity contribution in [3.8, 4) is 0 Å². The van der Waals surface area contributed by atoms with E-state index in [1.54, 1.807) is 7.11 Å². The molecule has 0 bridgehead atoms. The van der Waals surface area contributed by atoms with Crippen LogP contribution in [0.15, 0.2) is 23.3 Å². The molecular formula is C37H60O9. The summed E-state index contributed by atoms with van der Waals surface area (Å²) in [6.07, 6.45) is 2.98. The van der Waals surface area contributed by atoms with Crippen LogP contribution < -0.4 is 0 Å². The second-order valence-electron chi connectivity index (χ2n) is 16.7. The Balaban J connectivity index is 1.59. The zero-order chi connectivity index (χ0) is 34.0. The number of ether oxygens (including phenoxy) is 3. The highest BCUT2D eigenvalue weighted by Gasteiger charge is 2.71. The fraction of sp³-hybridized carbons (Fsp3) is 0.865. The quantitative estimate of drug-likeness (QED) is 0.185. The Bertz CT molecular complexity index is 1180. The predicted molar refractivity (Wildman–Crippen MR) is 173 cm³/mol. The number of methoxy groups -OCH3 is 1. The summed E-state index contributed by atoms with van der Waals surface area (Å²) in [6.45, 7) is 14.8. The molecule has 9 heteroatoms. The lowest BCUT2D eigenvalue weighted by molar-refractivity contribution is -0.321. The lowest BCUT2D eigenvalue weighted by Crippen LogP contribution is -2.66. The van der Waals surface area contributed by atoms with Gasteiger partial charge in [-0.2, -0.15) is 0 Å². The highest BCUT2D eigenvalue weighted by Crippen LogP contribution is 2.75. The molecule has 0 spiro atoms. The average Bonchev–Trinajstić information content (AvgIpc) is 3.29. The standard InChI is InChI=1S/C37H60O9/c1-20(2)15-22(44-8)16-21(3)23-11-12-36(7)32-26(45-33-31(43)30(42)29(41)27(18-38)46-33)17-25-24(9-10-28(40)34(25,4)5)37(32,19-39)14-13-35(23,36)6/h15,17,19,21-24,26-33,38,40-43H,9-14,16,18H2,1-8H3/t21-,22+,23+,24-,26+,27-,28+,29-,30+,31-,32+,33-,35-,36+,37-/m1/s1. The molecule has 9 nitrogen and oxygen atoms in total. The van der Waals surface area contributed by atoms with E-state index in [-0.39, 0.29) is 28.8 Å². The molecule has 5 N–H and O–H groups in total. The summed E-state index contributed by atoms with van der Waals surface area (Å²) in [5.41, 5.74) is 0.473. The molecule has 262 valence electrons. The predicted octanol–water partition coefficient (Wildman–Crippen LogP) is 3.93. The summed E-state index contributed by atoms with van der Waals surface area (Å²) in [6, 6.07) is 0. The van der Waals surface area contributed by atoms with Crippen LogP contribution in [0.4, 0.5) is 0 Å². The molecule has 1 saturated heterocycles. The topological polar surface area (TPSA) is 146 Å². The molecule has 1 heterocycles. The minimum Gasteiger partial charge on any atom is -0.394 e. The van der Waals surface area contributed by atoms with Gasteiger partial charge in [0.25, 0.3) is 0 Å². The van der Waals surface area contributed by atoms with E-state index in [0.29, 0.717) is 31.1 Å². The second kappa shape index (κ2) is 12.9. The van der Waals surface area contributed by atoms with Crippen LogP contribution in [0, 0.1) is 45.3 Å². The number of carbonyl (C=O) groups is 1. The molecule has 0 aromatic rings. The van der Waals surface area contributed by atoms with Crippen molar-refractivity contribution in [3.63, 3.8) is 0 Å². The first-order valence-electron chi connectivity index (χ1n) is 17.5. The molecule has 4 fully saturated rings. The van der Waals surface area contributed by atoms with Crippen molar-refractivity contribution in [2.45, 2.75) is 142 Å². The van der Waals surface area contributed by atoms with E-state index < -0.39 is 60.4 Å². The molecule has 0 aromatic carbocycles. The summed E-state index contributed by atoms with van der Waals surface area (Å²) >= 11 is 0. The molecule has 5 aliphatic rings. The fourth-order valence-electron chi connectivity index (χ4n) is 11.1. The minimum absolute atomic E-state index is 0.0338. The van der Waals surface area contributed by atoms with Gasteiger partial charge in [0.15, 0.2) is 6.29 Å². The SMILES string of the molecule is CO[C@@H](C=C(C)C)C[C@@H](C)[C@@H]1CC[C@@]2(C)[C@@H]3[C@@H](O[C@@H]4O[C@H](CO)[C@@H](O)[C@H](O)[C@H]4O)C=C4[C@@H](CC[C@H](O)C4(C)C)[C@]3(C=O)CC[C@]12C. The van der Waals surface area contributed by atoms with Gasteiger partial charge in [0.05, 0.1) is 24.9 Å². The van der Waals surface area contributed by atoms with E-state index in [2.05, 4.69) is 46.8 Å². The van der Waals surface area contributed by atoms with Gasteiger partial charge in [0.1, 0.15) is 30.7 Å². The average molecular weight is 649 g/mol. The minimum atomic E-state index is -1.57. The number of fused-ring (bicyclic) bond motifs is 5. The summed E-state index contributed by atoms with van der Waals surface area (Å²) in [5.74, 6) is 0.473. The van der Waals surface area contributed by atoms with Gasteiger partial charge in [-0.3, -0.25) is 0 Å². The Labute approximate surface area is 275 Å². The van der Waals surface area contributed by atoms with Gasteiger partial charge in [-0.25, -0.2) is 0 Å². The third-order valence-corrected chi connectivity index (χ3v) is 13.9. The van der Waals surface area contributed by atoms with Crippen LogP contribution >= 0.6 is 0 Å². The third kappa shape index (κ3) is 5.49. The molecule has 46 heavy (non-hydrogen) atoms. The number of hydrogen-bond acceptors (Lipinski definition) is 9. The van der Waals surface area contributed by atoms with Crippen LogP contribution in [0.3, 0.4) is 0 Å². The summed E-state index contributed by atoms with van der Waals surface area (Å²) in [7, 11) is 1.77. The number of carbonyl (C=O) groups excluding carboxylic acids is 1. The molecule has 1 aliphatic heterocycles. The molecule has 3 saturated carbocycles. The van der Waals surface area contributed by atoms with E-state index in [1.165, 1.54) is 11.9 Å². The number of hydrogen-bond donors (Lipinski definition) is 5. The van der Waals surface area contributed by atoms with E-state index in [4.69, 9.17) is 14.2 Å². The van der Waals surface area contributed by atoms with Crippen LogP contribution in [0.25, 0.3) is 0 Å². The highest BCUT2D eigenvalue weighted by molar-refractivity contribution is 5.65. The monoisotopic (exact) mass is 648 g/mol. The van der Waals surface area contributed by atoms with Gasteiger partial charge in [-0.15, -0.1) is 0 Å². The Morgan fingerprint density at radius 2 is 1.70 bits per heavy atom. The van der Waals surface area contributed by atoms with Crippen LogP contribution in [-0.2, 0) is 19.0 Å². The Morgan fingerprint density at radius 1 is 1.00 bits per heavy atom. The number of rotatable bonds is 9. The Hall–Kier alpha value is -1.17. The van der Waals surface area contributed by atoms with Crippen molar-refractivity contribution < 1.29 is 44.5 Å². The first kappa shape index (κ1) is 36.1. The maximum Gasteiger partial charge on any atom is 0.187 e. The lowest BCUT2D eigenvalue weighted by atomic mass is 9.38. The molecular weight excluding hydrogens is 588 g/mol. The molecule has 5 rings (SSSR count). The van der Waals surface area contributed by atoms with Crippen LogP contribution in [0.2, 0.25) is 0 Å². The van der Waals surface area contributed by atoms with Crippen molar-refractivity contribution in [2.75, 3.05) is 13.7 Å². The van der Waals surface area contributed by atoms with Crippen molar-refractivity contribution in [1.29, 1.82) is 0 Å². The van der Waals surface area contributed by atoms with E-state index >= 15 is 0 Å². The second-order valence-corrected chi connectivity index (χ2v) is 16.7. The van der Waals surface area contributed by atoms with E-state index in [9.17, 15) is 30.3 Å². The lowest BCUT2D eigenvalue weighted by Gasteiger charge is -2.66. The first-order chi connectivity index (χ1) is 21.5. The Morgan fingerprint density at radius 3 is 2.30 bits per heavy atom. The number of aldehydes is 1. The third-order valence-electron chi connectivity index (χ3n) is 13.9. The van der Waals surface area contributed by atoms with Crippen LogP contribution in [0.5, 0.6) is 0 Å². The summed E-state index contributed by atoms with van der Waals surface area (Å²) in [5, 5.41) is 53.2. The number of allylic oxidation sites excluding steroid dienone is 1. The molecule has 0 amide bonds. The molecule has 15 atom stereocenters. The summed E-state index contributed by atoms with van der Waals surface area (Å²) < 4.78 is 18.5. The number of aliphatic hydroxyl groups excluding tert-OH is 5. The zero-order valence-corrected chi connectivity index (χ0v) is 29.2. The van der Waals surface area contributed by atoms with Crippen LogP contribution in [0.1, 0.15) is 93.4 Å². The van der Waals surface area contributed by atoms with Gasteiger partial charge >= 0.3 is 0 Å². The number of aliphatic hydroxyl groups is 5. The Kier molecular flexibility index (Phi) is 10.2. The van der Waals surface area contributed by atoms with Crippen LogP contribution in [-0.4, -0.2) is 94.6 Å². The van der Waals surface area contributed by atoms with Crippen molar-refractivity contribution in [2.24, 2.45) is 45.3 Å². The molecule has 4 aliphatic carbocycles. The molecule has 0 aromatic heterocycles. The van der Waals surface area contributed by atoms with E-state index in [1.807, 2.05) is 13.8 Å². The normalized spacial score (nSPS) is 47.9. The van der Waals surface area contributed by atoms with Crippen molar-refractivity contribution in [3.05, 3.63) is 23.3 Å². The zero-order valence-electron chi connectivity index (χ0n) is 29.2. The smallest absolute Gasteiger partial charge is 0.187 e. The van der Waals surface area contributed by atoms with Gasteiger partial charge in [-0.1, -0.05) is 57.9 Å². The first-order valence-corrected chi connectivity index (χ1v) is 17.5. The highest BCUT2D eigenvalue weighted by atomic mass is 16.7. The van der Waals surface area contributed by atoms with Gasteiger partial charge in [0, 0.05) is 23.9 Å². The van der Waals surface area contributed by atoms with Gasteiger partial charge in [0.2, 0.25) is 0 Å². The van der Waals surface area contributed by atoms with E-state index in [0.717, 1.165) is 31.3 Å². The summed E-state index contributed by atoms with van der Waals surface area (Å²) in [4.78, 5) is 13.7. The maximum atomic E-state index is 13.7. The fourth-order valence-corrected chi connectivity index (χ4v) is 11.1. The maximum absolute atomic E-state index is 13.7.